The fourth-order valence-electron chi connectivity index (χ4n) is 4.75. The number of methoxy groups -OCH3 is 1. The minimum Gasteiger partial charge on any atom is -0.380 e. The Balaban J connectivity index is 1.98. The van der Waals surface area contributed by atoms with Gasteiger partial charge in [-0.1, -0.05) is 20.8 Å². The number of nitrogens with zero attached hydrogens (tertiary/aromatic N) is 2. The van der Waals surface area contributed by atoms with E-state index in [1.165, 1.54) is 0 Å². The molecule has 4 atom stereocenters. The molecule has 2 aliphatic rings. The quantitative estimate of drug-likeness (QED) is 0.805. The van der Waals surface area contributed by atoms with Crippen LogP contribution in [0.25, 0.3) is 0 Å². The van der Waals surface area contributed by atoms with Crippen LogP contribution in [0.1, 0.15) is 40.5 Å². The van der Waals surface area contributed by atoms with Crippen molar-refractivity contribution in [1.82, 2.24) is 15.1 Å². The molecule has 1 aliphatic heterocycles. The standard InChI is InChI=1S/C18H35N3O2/c1-7-18(8-2)15(13(3)16(18)23-6)19-17(22)14(4)21-11-9-20(5)10-12-21/h13-16H,7-12H2,1-6H3,(H,19,22)/t13-,14+,15-,16-/m1/s1. The van der Waals surface area contributed by atoms with Crippen molar-refractivity contribution in [1.29, 1.82) is 0 Å². The summed E-state index contributed by atoms with van der Waals surface area (Å²) in [6.07, 6.45) is 2.34. The highest BCUT2D eigenvalue weighted by atomic mass is 16.5. The highest BCUT2D eigenvalue weighted by molar-refractivity contribution is 5.82. The minimum atomic E-state index is -0.0519. The van der Waals surface area contributed by atoms with Gasteiger partial charge in [-0.15, -0.1) is 0 Å². The van der Waals surface area contributed by atoms with Gasteiger partial charge in [0.2, 0.25) is 5.91 Å². The van der Waals surface area contributed by atoms with Gasteiger partial charge in [-0.05, 0) is 26.8 Å². The molecule has 1 heterocycles. The van der Waals surface area contributed by atoms with Gasteiger partial charge in [-0.25, -0.2) is 0 Å². The summed E-state index contributed by atoms with van der Waals surface area (Å²) < 4.78 is 5.73. The van der Waals surface area contributed by atoms with Crippen LogP contribution < -0.4 is 5.32 Å². The Morgan fingerprint density at radius 3 is 2.30 bits per heavy atom. The van der Waals surface area contributed by atoms with Crippen molar-refractivity contribution in [3.8, 4) is 0 Å². The third-order valence-corrected chi connectivity index (χ3v) is 6.52. The zero-order valence-electron chi connectivity index (χ0n) is 15.8. The summed E-state index contributed by atoms with van der Waals surface area (Å²) in [7, 11) is 3.94. The molecule has 134 valence electrons. The fraction of sp³-hybridized carbons (Fsp3) is 0.944. The molecule has 1 saturated heterocycles. The summed E-state index contributed by atoms with van der Waals surface area (Å²) in [5.41, 5.74) is 0.0890. The van der Waals surface area contributed by atoms with Crippen LogP contribution in [0.2, 0.25) is 0 Å². The van der Waals surface area contributed by atoms with Crippen molar-refractivity contribution in [2.45, 2.75) is 58.7 Å². The van der Waals surface area contributed by atoms with Crippen LogP contribution in [0.15, 0.2) is 0 Å². The first-order chi connectivity index (χ1) is 10.9. The minimum absolute atomic E-state index is 0.0519. The SMILES string of the molecule is CCC1(CC)[C@H](NC(=O)[C@H](C)N2CCN(C)CC2)[C@@H](C)[C@H]1OC. The molecule has 1 saturated carbocycles. The predicted molar refractivity (Wildman–Crippen MR) is 93.4 cm³/mol. The number of likely N-dealkylation sites (N-methyl/N-ethyl adjacent to an activating group) is 1. The van der Waals surface area contributed by atoms with Crippen molar-refractivity contribution >= 4 is 5.91 Å². The second-order valence-corrected chi connectivity index (χ2v) is 7.46. The maximum Gasteiger partial charge on any atom is 0.237 e. The Kier molecular flexibility index (Phi) is 6.09. The average Bonchev–Trinajstić information content (AvgIpc) is 2.56. The summed E-state index contributed by atoms with van der Waals surface area (Å²) in [6, 6.07) is 0.175. The predicted octanol–water partition coefficient (Wildman–Crippen LogP) is 1.58. The molecule has 5 heteroatoms. The zero-order chi connectivity index (χ0) is 17.2. The first-order valence-corrected chi connectivity index (χ1v) is 9.17. The van der Waals surface area contributed by atoms with E-state index >= 15 is 0 Å². The Morgan fingerprint density at radius 2 is 1.83 bits per heavy atom. The first-order valence-electron chi connectivity index (χ1n) is 9.17. The van der Waals surface area contributed by atoms with Gasteiger partial charge in [0.15, 0.2) is 0 Å². The van der Waals surface area contributed by atoms with Crippen LogP contribution in [0, 0.1) is 11.3 Å². The van der Waals surface area contributed by atoms with Crippen molar-refractivity contribution in [2.75, 3.05) is 40.3 Å². The number of nitrogens with one attached hydrogen (secondary N) is 1. The van der Waals surface area contributed by atoms with Crippen LogP contribution in [-0.4, -0.2) is 74.2 Å². The number of ether oxygens (including phenoxy) is 1. The normalized spacial score (nSPS) is 33.0. The Hall–Kier alpha value is -0.650. The number of carbonyl (C=O) groups is 1. The van der Waals surface area contributed by atoms with Gasteiger partial charge < -0.3 is 15.0 Å². The van der Waals surface area contributed by atoms with E-state index in [1.54, 1.807) is 7.11 Å². The molecule has 1 N–H and O–H groups in total. The molecule has 0 radical (unpaired) electrons. The molecule has 2 fully saturated rings. The molecule has 0 aromatic heterocycles. The molecule has 0 unspecified atom stereocenters. The highest BCUT2D eigenvalue weighted by Crippen LogP contribution is 2.52. The summed E-state index contributed by atoms with van der Waals surface area (Å²) in [5.74, 6) is 0.552. The van der Waals surface area contributed by atoms with E-state index in [-0.39, 0.29) is 29.5 Å². The van der Waals surface area contributed by atoms with E-state index in [4.69, 9.17) is 4.74 Å². The number of hydrogen-bond acceptors (Lipinski definition) is 4. The van der Waals surface area contributed by atoms with Gasteiger partial charge in [0.1, 0.15) is 0 Å². The van der Waals surface area contributed by atoms with Crippen LogP contribution >= 0.6 is 0 Å². The highest BCUT2D eigenvalue weighted by Gasteiger charge is 2.59. The molecular formula is C18H35N3O2. The van der Waals surface area contributed by atoms with Gasteiger partial charge in [-0.2, -0.15) is 0 Å². The van der Waals surface area contributed by atoms with E-state index in [9.17, 15) is 4.79 Å². The van der Waals surface area contributed by atoms with Gasteiger partial charge in [0.05, 0.1) is 12.1 Å². The number of piperazine rings is 1. The first kappa shape index (κ1) is 18.7. The summed E-state index contributed by atoms with van der Waals surface area (Å²) in [6.45, 7) is 12.7. The fourth-order valence-corrected chi connectivity index (χ4v) is 4.75. The average molecular weight is 325 g/mol. The zero-order valence-corrected chi connectivity index (χ0v) is 15.8. The second kappa shape index (κ2) is 7.49. The van der Waals surface area contributed by atoms with Crippen molar-refractivity contribution in [2.24, 2.45) is 11.3 Å². The number of rotatable bonds is 6. The van der Waals surface area contributed by atoms with Crippen LogP contribution in [-0.2, 0) is 9.53 Å². The Labute approximate surface area is 141 Å². The van der Waals surface area contributed by atoms with Crippen LogP contribution in [0.5, 0.6) is 0 Å². The lowest BCUT2D eigenvalue weighted by Crippen LogP contribution is -2.71. The summed E-state index contributed by atoms with van der Waals surface area (Å²) in [5, 5.41) is 3.36. The molecule has 0 bridgehead atoms. The molecule has 0 spiro atoms. The van der Waals surface area contributed by atoms with Crippen molar-refractivity contribution in [3.63, 3.8) is 0 Å². The third kappa shape index (κ3) is 3.28. The lowest BCUT2D eigenvalue weighted by molar-refractivity contribution is -0.173. The van der Waals surface area contributed by atoms with E-state index in [2.05, 4.69) is 42.9 Å². The third-order valence-electron chi connectivity index (χ3n) is 6.52. The maximum absolute atomic E-state index is 12.8. The molecule has 1 amide bonds. The van der Waals surface area contributed by atoms with E-state index in [1.807, 2.05) is 6.92 Å². The Bertz CT molecular complexity index is 403. The molecule has 0 aromatic rings. The molecule has 23 heavy (non-hydrogen) atoms. The number of hydrogen-bond donors (Lipinski definition) is 1. The maximum atomic E-state index is 12.8. The van der Waals surface area contributed by atoms with Crippen molar-refractivity contribution in [3.05, 3.63) is 0 Å². The summed E-state index contributed by atoms with van der Waals surface area (Å²) >= 11 is 0. The molecule has 1 aliphatic carbocycles. The van der Waals surface area contributed by atoms with Gasteiger partial charge >= 0.3 is 0 Å². The monoisotopic (exact) mass is 325 g/mol. The van der Waals surface area contributed by atoms with Crippen LogP contribution in [0.4, 0.5) is 0 Å². The second-order valence-electron chi connectivity index (χ2n) is 7.46. The van der Waals surface area contributed by atoms with E-state index in [0.29, 0.717) is 5.92 Å². The molecule has 2 rings (SSSR count). The van der Waals surface area contributed by atoms with Gasteiger partial charge in [-0.3, -0.25) is 9.69 Å². The molecule has 0 aromatic carbocycles. The summed E-state index contributed by atoms with van der Waals surface area (Å²) in [4.78, 5) is 17.4. The molecule has 5 nitrogen and oxygen atoms in total. The molecular weight excluding hydrogens is 290 g/mol. The van der Waals surface area contributed by atoms with Crippen molar-refractivity contribution < 1.29 is 9.53 Å². The largest absolute Gasteiger partial charge is 0.380 e. The topological polar surface area (TPSA) is 44.8 Å². The van der Waals surface area contributed by atoms with Crippen LogP contribution in [0.3, 0.4) is 0 Å². The van der Waals surface area contributed by atoms with Gasteiger partial charge in [0, 0.05) is 50.7 Å². The smallest absolute Gasteiger partial charge is 0.237 e. The Morgan fingerprint density at radius 1 is 1.26 bits per heavy atom. The van der Waals surface area contributed by atoms with Gasteiger partial charge in [0.25, 0.3) is 0 Å². The lowest BCUT2D eigenvalue weighted by Gasteiger charge is -2.60. The lowest BCUT2D eigenvalue weighted by atomic mass is 9.53. The van der Waals surface area contributed by atoms with E-state index < -0.39 is 0 Å². The van der Waals surface area contributed by atoms with E-state index in [0.717, 1.165) is 39.0 Å². The number of amides is 1. The number of carbonyl (C=O) groups excluding carboxylic acids is 1.